The number of rotatable bonds is 0. The summed E-state index contributed by atoms with van der Waals surface area (Å²) in [4.78, 5) is 23.6. The smallest absolute Gasteiger partial charge is 0.278 e. The van der Waals surface area contributed by atoms with Crippen LogP contribution in [-0.4, -0.2) is 22.1 Å². The second kappa shape index (κ2) is 3.92. The van der Waals surface area contributed by atoms with Gasteiger partial charge in [-0.15, -0.1) is 0 Å². The SMILES string of the molecule is O=C1N=Cc2c1c1c3ccccc3[nH]c1c1[nH]c3ccccc3c21. The Bertz CT molecular complexity index is 1370. The number of para-hydroxylation sites is 2. The fourth-order valence-corrected chi connectivity index (χ4v) is 4.00. The third-order valence-electron chi connectivity index (χ3n) is 4.98. The molecule has 3 aromatic carbocycles. The van der Waals surface area contributed by atoms with E-state index in [1.54, 1.807) is 6.21 Å². The molecule has 6 rings (SSSR count). The van der Waals surface area contributed by atoms with Crippen LogP contribution in [0.2, 0.25) is 0 Å². The standard InChI is InChI=1S/C20H11N3O/c24-20-17-12(9-21-20)15-10-5-1-3-7-13(10)22-18(15)19-16(17)11-6-2-4-8-14(11)23-19/h1-9,22-23H. The van der Waals surface area contributed by atoms with E-state index in [0.29, 0.717) is 5.56 Å². The molecule has 2 N–H and O–H groups in total. The van der Waals surface area contributed by atoms with E-state index in [1.165, 1.54) is 0 Å². The van der Waals surface area contributed by atoms with Gasteiger partial charge < -0.3 is 9.97 Å². The van der Waals surface area contributed by atoms with Crippen molar-refractivity contribution >= 4 is 55.7 Å². The molecule has 4 nitrogen and oxygen atoms in total. The zero-order valence-corrected chi connectivity index (χ0v) is 12.6. The third-order valence-corrected chi connectivity index (χ3v) is 4.98. The Hall–Kier alpha value is -3.40. The number of aliphatic imine (C=N–C) groups is 1. The first kappa shape index (κ1) is 12.1. The molecular formula is C20H11N3O. The Kier molecular flexibility index (Phi) is 1.97. The van der Waals surface area contributed by atoms with Gasteiger partial charge >= 0.3 is 0 Å². The van der Waals surface area contributed by atoms with Crippen molar-refractivity contribution in [1.29, 1.82) is 0 Å². The van der Waals surface area contributed by atoms with Crippen molar-refractivity contribution in [2.24, 2.45) is 4.99 Å². The number of amides is 1. The van der Waals surface area contributed by atoms with Gasteiger partial charge in [0.1, 0.15) is 0 Å². The minimum atomic E-state index is -0.160. The maximum atomic E-state index is 12.5. The minimum absolute atomic E-state index is 0.160. The molecule has 0 spiro atoms. The van der Waals surface area contributed by atoms with Crippen molar-refractivity contribution in [2.45, 2.75) is 0 Å². The highest BCUT2D eigenvalue weighted by molar-refractivity contribution is 6.35. The van der Waals surface area contributed by atoms with Gasteiger partial charge in [0.25, 0.3) is 5.91 Å². The molecule has 0 radical (unpaired) electrons. The fraction of sp³-hybridized carbons (Fsp3) is 0. The molecule has 0 atom stereocenters. The average molecular weight is 309 g/mol. The maximum Gasteiger partial charge on any atom is 0.278 e. The van der Waals surface area contributed by atoms with Crippen LogP contribution in [0.1, 0.15) is 15.9 Å². The highest BCUT2D eigenvalue weighted by Gasteiger charge is 2.27. The molecule has 3 heterocycles. The first-order chi connectivity index (χ1) is 11.8. The van der Waals surface area contributed by atoms with Crippen LogP contribution < -0.4 is 0 Å². The molecule has 5 aromatic rings. The highest BCUT2D eigenvalue weighted by atomic mass is 16.1. The normalized spacial score (nSPS) is 13.8. The molecular weight excluding hydrogens is 298 g/mol. The number of hydrogen-bond acceptors (Lipinski definition) is 1. The van der Waals surface area contributed by atoms with Crippen LogP contribution in [0, 0.1) is 0 Å². The summed E-state index contributed by atoms with van der Waals surface area (Å²) in [6, 6.07) is 16.3. The molecule has 0 saturated carbocycles. The molecule has 1 aliphatic heterocycles. The van der Waals surface area contributed by atoms with Crippen LogP contribution in [0.4, 0.5) is 0 Å². The zero-order valence-electron chi connectivity index (χ0n) is 12.6. The van der Waals surface area contributed by atoms with Crippen LogP contribution in [-0.2, 0) is 0 Å². The molecule has 2 aromatic heterocycles. The summed E-state index contributed by atoms with van der Waals surface area (Å²) in [7, 11) is 0. The lowest BCUT2D eigenvalue weighted by Crippen LogP contribution is -1.94. The number of carbonyl (C=O) groups is 1. The summed E-state index contributed by atoms with van der Waals surface area (Å²) in [5.41, 5.74) is 5.72. The summed E-state index contributed by atoms with van der Waals surface area (Å²) in [6.07, 6.45) is 1.71. The fourth-order valence-electron chi connectivity index (χ4n) is 4.00. The Balaban J connectivity index is 2.03. The lowest BCUT2D eigenvalue weighted by Gasteiger charge is -2.03. The molecule has 0 unspecified atom stereocenters. The van der Waals surface area contributed by atoms with E-state index in [4.69, 9.17) is 0 Å². The predicted molar refractivity (Wildman–Crippen MR) is 97.1 cm³/mol. The Labute approximate surface area is 135 Å². The number of carbonyl (C=O) groups excluding carboxylic acids is 1. The van der Waals surface area contributed by atoms with Gasteiger partial charge in [0.2, 0.25) is 0 Å². The molecule has 0 saturated heterocycles. The van der Waals surface area contributed by atoms with Gasteiger partial charge in [-0.3, -0.25) is 4.79 Å². The van der Waals surface area contributed by atoms with E-state index < -0.39 is 0 Å². The summed E-state index contributed by atoms with van der Waals surface area (Å²) in [5.74, 6) is -0.160. The van der Waals surface area contributed by atoms with E-state index in [1.807, 2.05) is 30.3 Å². The van der Waals surface area contributed by atoms with Crippen molar-refractivity contribution in [3.05, 3.63) is 59.7 Å². The van der Waals surface area contributed by atoms with Gasteiger partial charge in [0.05, 0.1) is 16.6 Å². The van der Waals surface area contributed by atoms with Crippen molar-refractivity contribution in [3.63, 3.8) is 0 Å². The topological polar surface area (TPSA) is 61.0 Å². The number of H-pyrrole nitrogens is 2. The molecule has 0 aliphatic carbocycles. The predicted octanol–water partition coefficient (Wildman–Crippen LogP) is 4.53. The zero-order chi connectivity index (χ0) is 15.8. The molecule has 1 aliphatic rings. The molecule has 0 fully saturated rings. The van der Waals surface area contributed by atoms with Crippen LogP contribution in [0.5, 0.6) is 0 Å². The van der Waals surface area contributed by atoms with Crippen molar-refractivity contribution < 1.29 is 4.79 Å². The van der Waals surface area contributed by atoms with E-state index in [0.717, 1.165) is 49.2 Å². The summed E-state index contributed by atoms with van der Waals surface area (Å²) >= 11 is 0. The van der Waals surface area contributed by atoms with Crippen LogP contribution in [0.3, 0.4) is 0 Å². The Morgan fingerprint density at radius 3 is 2.04 bits per heavy atom. The quantitative estimate of drug-likeness (QED) is 0.434. The number of fused-ring (bicyclic) bond motifs is 10. The monoisotopic (exact) mass is 309 g/mol. The summed E-state index contributed by atoms with van der Waals surface area (Å²) in [6.45, 7) is 0. The van der Waals surface area contributed by atoms with Crippen LogP contribution in [0.25, 0.3) is 43.6 Å². The van der Waals surface area contributed by atoms with Crippen molar-refractivity contribution in [3.8, 4) is 0 Å². The van der Waals surface area contributed by atoms with E-state index in [2.05, 4.69) is 33.2 Å². The van der Waals surface area contributed by atoms with Crippen LogP contribution in [0.15, 0.2) is 53.5 Å². The Morgan fingerprint density at radius 1 is 0.750 bits per heavy atom. The number of aromatic amines is 2. The van der Waals surface area contributed by atoms with E-state index >= 15 is 0 Å². The van der Waals surface area contributed by atoms with Crippen molar-refractivity contribution in [1.82, 2.24) is 9.97 Å². The van der Waals surface area contributed by atoms with Gasteiger partial charge in [-0.1, -0.05) is 36.4 Å². The second-order valence-electron chi connectivity index (χ2n) is 6.19. The molecule has 1 amide bonds. The lowest BCUT2D eigenvalue weighted by atomic mass is 9.97. The highest BCUT2D eigenvalue weighted by Crippen LogP contribution is 2.41. The molecule has 4 heteroatoms. The minimum Gasteiger partial charge on any atom is -0.353 e. The number of nitrogens with zero attached hydrogens (tertiary/aromatic N) is 1. The number of benzene rings is 3. The van der Waals surface area contributed by atoms with Gasteiger partial charge in [0, 0.05) is 44.4 Å². The number of hydrogen-bond donors (Lipinski definition) is 2. The lowest BCUT2D eigenvalue weighted by molar-refractivity contribution is 0.101. The van der Waals surface area contributed by atoms with E-state index in [-0.39, 0.29) is 5.91 Å². The number of nitrogens with one attached hydrogen (secondary N) is 2. The first-order valence-corrected chi connectivity index (χ1v) is 7.88. The largest absolute Gasteiger partial charge is 0.353 e. The molecule has 112 valence electrons. The van der Waals surface area contributed by atoms with Gasteiger partial charge in [-0.05, 0) is 12.1 Å². The van der Waals surface area contributed by atoms with Crippen LogP contribution >= 0.6 is 0 Å². The molecule has 24 heavy (non-hydrogen) atoms. The maximum absolute atomic E-state index is 12.5. The summed E-state index contributed by atoms with van der Waals surface area (Å²) < 4.78 is 0. The summed E-state index contributed by atoms with van der Waals surface area (Å²) in [5, 5.41) is 4.20. The average Bonchev–Trinajstić information content (AvgIpc) is 3.27. The Morgan fingerprint density at radius 2 is 1.33 bits per heavy atom. The first-order valence-electron chi connectivity index (χ1n) is 7.88. The molecule has 0 bridgehead atoms. The number of aromatic nitrogens is 2. The third kappa shape index (κ3) is 1.26. The van der Waals surface area contributed by atoms with Crippen molar-refractivity contribution in [2.75, 3.05) is 0 Å². The second-order valence-corrected chi connectivity index (χ2v) is 6.19. The van der Waals surface area contributed by atoms with E-state index in [9.17, 15) is 4.79 Å². The van der Waals surface area contributed by atoms with Gasteiger partial charge in [-0.25, -0.2) is 4.99 Å². The van der Waals surface area contributed by atoms with Gasteiger partial charge in [-0.2, -0.15) is 0 Å². The van der Waals surface area contributed by atoms with Gasteiger partial charge in [0.15, 0.2) is 0 Å².